The van der Waals surface area contributed by atoms with Crippen LogP contribution in [0.25, 0.3) is 0 Å². The van der Waals surface area contributed by atoms with Gasteiger partial charge in [0, 0.05) is 17.9 Å². The Balaban J connectivity index is 1.94. The first-order valence-electron chi connectivity index (χ1n) is 7.87. The van der Waals surface area contributed by atoms with Crippen LogP contribution >= 0.6 is 23.8 Å². The molecule has 0 aromatic heterocycles. The van der Waals surface area contributed by atoms with Crippen molar-refractivity contribution in [2.75, 3.05) is 30.8 Å². The van der Waals surface area contributed by atoms with E-state index in [0.29, 0.717) is 28.8 Å². The van der Waals surface area contributed by atoms with Crippen LogP contribution in [0, 0.1) is 5.82 Å². The maximum absolute atomic E-state index is 13.2. The van der Waals surface area contributed by atoms with E-state index in [4.69, 9.17) is 28.6 Å². The number of methoxy groups -OCH3 is 1. The fourth-order valence-electron chi connectivity index (χ4n) is 2.15. The lowest BCUT2D eigenvalue weighted by molar-refractivity contribution is -0.116. The molecule has 2 aromatic rings. The van der Waals surface area contributed by atoms with Crippen LogP contribution in [-0.2, 0) is 4.79 Å². The molecule has 0 saturated heterocycles. The Bertz CT molecular complexity index is 787. The van der Waals surface area contributed by atoms with Crippen LogP contribution in [0.15, 0.2) is 42.5 Å². The molecule has 26 heavy (non-hydrogen) atoms. The number of likely N-dealkylation sites (N-methyl/N-ethyl adjacent to an activating group) is 1. The predicted octanol–water partition coefficient (Wildman–Crippen LogP) is 4.15. The standard InChI is InChI=1S/C18H19ClFN3O2S/c1-3-23(18(26)22-13-6-9-16(20)15(19)10-13)11-17(24)21-12-4-7-14(25-2)8-5-12/h4-10H,3,11H2,1-2H3,(H,21,24)(H,22,26). The highest BCUT2D eigenvalue weighted by molar-refractivity contribution is 7.80. The second-order valence-electron chi connectivity index (χ2n) is 5.35. The molecule has 0 saturated carbocycles. The van der Waals surface area contributed by atoms with Gasteiger partial charge in [-0.3, -0.25) is 4.79 Å². The van der Waals surface area contributed by atoms with Gasteiger partial charge in [0.2, 0.25) is 5.91 Å². The number of amides is 1. The van der Waals surface area contributed by atoms with Gasteiger partial charge in [-0.25, -0.2) is 4.39 Å². The maximum Gasteiger partial charge on any atom is 0.243 e. The van der Waals surface area contributed by atoms with Crippen LogP contribution < -0.4 is 15.4 Å². The summed E-state index contributed by atoms with van der Waals surface area (Å²) >= 11 is 11.1. The summed E-state index contributed by atoms with van der Waals surface area (Å²) in [6.45, 7) is 2.48. The highest BCUT2D eigenvalue weighted by Gasteiger charge is 2.13. The first-order chi connectivity index (χ1) is 12.4. The fourth-order valence-corrected chi connectivity index (χ4v) is 2.64. The number of benzene rings is 2. The molecule has 0 bridgehead atoms. The first kappa shape index (κ1) is 19.9. The lowest BCUT2D eigenvalue weighted by Crippen LogP contribution is -2.40. The number of nitrogens with one attached hydrogen (secondary N) is 2. The summed E-state index contributed by atoms with van der Waals surface area (Å²) in [6.07, 6.45) is 0. The fraction of sp³-hybridized carbons (Fsp3) is 0.222. The summed E-state index contributed by atoms with van der Waals surface area (Å²) in [5, 5.41) is 6.10. The van der Waals surface area contributed by atoms with Crippen molar-refractivity contribution in [2.45, 2.75) is 6.92 Å². The molecule has 2 N–H and O–H groups in total. The number of hydrogen-bond acceptors (Lipinski definition) is 3. The van der Waals surface area contributed by atoms with Gasteiger partial charge in [0.1, 0.15) is 11.6 Å². The van der Waals surface area contributed by atoms with Crippen molar-refractivity contribution in [3.63, 3.8) is 0 Å². The van der Waals surface area contributed by atoms with Crippen molar-refractivity contribution in [3.05, 3.63) is 53.3 Å². The summed E-state index contributed by atoms with van der Waals surface area (Å²) in [5.74, 6) is -0.00539. The second-order valence-corrected chi connectivity index (χ2v) is 6.14. The Hall–Kier alpha value is -2.38. The molecule has 0 fully saturated rings. The molecule has 2 aromatic carbocycles. The van der Waals surface area contributed by atoms with E-state index in [0.717, 1.165) is 0 Å². The third kappa shape index (κ3) is 5.57. The molecule has 0 atom stereocenters. The molecule has 8 heteroatoms. The van der Waals surface area contributed by atoms with Crippen molar-refractivity contribution >= 4 is 46.2 Å². The highest BCUT2D eigenvalue weighted by atomic mass is 35.5. The van der Waals surface area contributed by atoms with Gasteiger partial charge in [-0.05, 0) is 61.6 Å². The Morgan fingerprint density at radius 2 is 1.85 bits per heavy atom. The number of carbonyl (C=O) groups is 1. The molecule has 0 heterocycles. The van der Waals surface area contributed by atoms with E-state index in [2.05, 4.69) is 10.6 Å². The number of halogens is 2. The molecule has 0 radical (unpaired) electrons. The summed E-state index contributed by atoms with van der Waals surface area (Å²) in [4.78, 5) is 13.9. The first-order valence-corrected chi connectivity index (χ1v) is 8.66. The lowest BCUT2D eigenvalue weighted by atomic mass is 10.3. The van der Waals surface area contributed by atoms with Gasteiger partial charge in [0.15, 0.2) is 5.11 Å². The number of hydrogen-bond donors (Lipinski definition) is 2. The summed E-state index contributed by atoms with van der Waals surface area (Å²) < 4.78 is 18.3. The molecule has 0 aliphatic carbocycles. The minimum atomic E-state index is -0.505. The number of anilines is 2. The summed E-state index contributed by atoms with van der Waals surface area (Å²) in [6, 6.07) is 11.2. The van der Waals surface area contributed by atoms with Gasteiger partial charge in [0.25, 0.3) is 0 Å². The van der Waals surface area contributed by atoms with Gasteiger partial charge >= 0.3 is 0 Å². The minimum Gasteiger partial charge on any atom is -0.497 e. The zero-order chi connectivity index (χ0) is 19.1. The van der Waals surface area contributed by atoms with Crippen LogP contribution in [0.1, 0.15) is 6.92 Å². The van der Waals surface area contributed by atoms with Gasteiger partial charge < -0.3 is 20.3 Å². The van der Waals surface area contributed by atoms with Crippen molar-refractivity contribution in [1.29, 1.82) is 0 Å². The lowest BCUT2D eigenvalue weighted by Gasteiger charge is -2.24. The van der Waals surface area contributed by atoms with Crippen molar-refractivity contribution in [1.82, 2.24) is 4.90 Å². The minimum absolute atomic E-state index is 0.00176. The highest BCUT2D eigenvalue weighted by Crippen LogP contribution is 2.20. The topological polar surface area (TPSA) is 53.6 Å². The number of nitrogens with zero attached hydrogens (tertiary/aromatic N) is 1. The van der Waals surface area contributed by atoms with Crippen LogP contribution in [0.4, 0.5) is 15.8 Å². The van der Waals surface area contributed by atoms with Crippen molar-refractivity contribution < 1.29 is 13.9 Å². The number of carbonyl (C=O) groups excluding carboxylic acids is 1. The molecule has 0 aliphatic heterocycles. The van der Waals surface area contributed by atoms with E-state index in [-0.39, 0.29) is 17.5 Å². The second kappa shape index (κ2) is 9.35. The normalized spacial score (nSPS) is 10.2. The van der Waals surface area contributed by atoms with Crippen LogP contribution in [0.2, 0.25) is 5.02 Å². The average Bonchev–Trinajstić information content (AvgIpc) is 2.63. The molecule has 0 aliphatic rings. The van der Waals surface area contributed by atoms with E-state index in [1.54, 1.807) is 36.3 Å². The predicted molar refractivity (Wildman–Crippen MR) is 107 cm³/mol. The number of thiocarbonyl (C=S) groups is 1. The Morgan fingerprint density at radius 1 is 1.19 bits per heavy atom. The zero-order valence-electron chi connectivity index (χ0n) is 14.4. The maximum atomic E-state index is 13.2. The van der Waals surface area contributed by atoms with E-state index < -0.39 is 5.82 Å². The SMILES string of the molecule is CCN(CC(=O)Nc1ccc(OC)cc1)C(=S)Nc1ccc(F)c(Cl)c1. The summed E-state index contributed by atoms with van der Waals surface area (Å²) in [7, 11) is 1.58. The largest absolute Gasteiger partial charge is 0.497 e. The van der Waals surface area contributed by atoms with Gasteiger partial charge in [0.05, 0.1) is 18.7 Å². The Morgan fingerprint density at radius 3 is 2.42 bits per heavy atom. The summed E-state index contributed by atoms with van der Waals surface area (Å²) in [5.41, 5.74) is 1.21. The molecule has 0 spiro atoms. The van der Waals surface area contributed by atoms with E-state index in [1.165, 1.54) is 18.2 Å². The molecule has 138 valence electrons. The average molecular weight is 396 g/mol. The van der Waals surface area contributed by atoms with Gasteiger partial charge in [-0.15, -0.1) is 0 Å². The molecular formula is C18H19ClFN3O2S. The van der Waals surface area contributed by atoms with E-state index in [9.17, 15) is 9.18 Å². The van der Waals surface area contributed by atoms with Crippen molar-refractivity contribution in [2.24, 2.45) is 0 Å². The van der Waals surface area contributed by atoms with Gasteiger partial charge in [-0.2, -0.15) is 0 Å². The van der Waals surface area contributed by atoms with E-state index in [1.807, 2.05) is 6.92 Å². The number of ether oxygens (including phenoxy) is 1. The zero-order valence-corrected chi connectivity index (χ0v) is 16.0. The van der Waals surface area contributed by atoms with E-state index >= 15 is 0 Å². The molecule has 2 rings (SSSR count). The van der Waals surface area contributed by atoms with Crippen LogP contribution in [0.3, 0.4) is 0 Å². The quantitative estimate of drug-likeness (QED) is 0.720. The van der Waals surface area contributed by atoms with Crippen molar-refractivity contribution in [3.8, 4) is 5.75 Å². The third-order valence-corrected chi connectivity index (χ3v) is 4.20. The molecule has 0 unspecified atom stereocenters. The Labute approximate surface area is 162 Å². The smallest absolute Gasteiger partial charge is 0.243 e. The third-order valence-electron chi connectivity index (χ3n) is 3.55. The number of rotatable bonds is 6. The monoisotopic (exact) mass is 395 g/mol. The molecular weight excluding hydrogens is 377 g/mol. The van der Waals surface area contributed by atoms with Gasteiger partial charge in [-0.1, -0.05) is 11.6 Å². The van der Waals surface area contributed by atoms with Crippen LogP contribution in [-0.4, -0.2) is 36.1 Å². The van der Waals surface area contributed by atoms with Crippen LogP contribution in [0.5, 0.6) is 5.75 Å². The Kier molecular flexibility index (Phi) is 7.17. The molecule has 5 nitrogen and oxygen atoms in total. The molecule has 1 amide bonds.